The van der Waals surface area contributed by atoms with Gasteiger partial charge in [0.1, 0.15) is 5.82 Å². The van der Waals surface area contributed by atoms with Gasteiger partial charge in [0.25, 0.3) is 0 Å². The Morgan fingerprint density at radius 2 is 2.09 bits per heavy atom. The summed E-state index contributed by atoms with van der Waals surface area (Å²) >= 11 is 0. The highest BCUT2D eigenvalue weighted by Gasteiger charge is 2.38. The number of benzene rings is 1. The van der Waals surface area contributed by atoms with Gasteiger partial charge in [0.05, 0.1) is 6.07 Å². The summed E-state index contributed by atoms with van der Waals surface area (Å²) in [6.45, 7) is 0.849. The lowest BCUT2D eigenvalue weighted by molar-refractivity contribution is 0.0486. The molecular formula is C19H24FNO. The van der Waals surface area contributed by atoms with Gasteiger partial charge in [-0.1, -0.05) is 31.4 Å². The van der Waals surface area contributed by atoms with E-state index >= 15 is 0 Å². The minimum atomic E-state index is -0.0579. The molecule has 0 aliphatic heterocycles. The summed E-state index contributed by atoms with van der Waals surface area (Å²) < 4.78 is 17.2. The standard InChI is InChI=1S/C13H21NO.C6H3F/c1-15-9-10-6-11-4-2-3-5-13(11)12(7-10)8-14;7-6-3-4-1-2-5(4)6/h10-13H,2-7,9H2,1H3;1-3H. The Morgan fingerprint density at radius 3 is 2.59 bits per heavy atom. The second kappa shape index (κ2) is 6.79. The average Bonchev–Trinajstić information content (AvgIpc) is 2.52. The molecule has 0 spiro atoms. The summed E-state index contributed by atoms with van der Waals surface area (Å²) in [5.41, 5.74) is 0. The van der Waals surface area contributed by atoms with Crippen molar-refractivity contribution in [2.75, 3.05) is 13.7 Å². The van der Waals surface area contributed by atoms with Crippen molar-refractivity contribution < 1.29 is 9.13 Å². The molecule has 0 aromatic rings. The third-order valence-electron chi connectivity index (χ3n) is 5.56. The molecule has 0 amide bonds. The van der Waals surface area contributed by atoms with Gasteiger partial charge in [-0.05, 0) is 48.3 Å². The van der Waals surface area contributed by atoms with Crippen LogP contribution in [0.5, 0.6) is 0 Å². The zero-order chi connectivity index (χ0) is 15.5. The van der Waals surface area contributed by atoms with E-state index in [0.717, 1.165) is 29.4 Å². The summed E-state index contributed by atoms with van der Waals surface area (Å²) in [6.07, 6.45) is 7.74. The number of rotatable bonds is 2. The van der Waals surface area contributed by atoms with Gasteiger partial charge in [-0.3, -0.25) is 0 Å². The van der Waals surface area contributed by atoms with Crippen molar-refractivity contribution in [2.45, 2.75) is 38.5 Å². The summed E-state index contributed by atoms with van der Waals surface area (Å²) in [6, 6.07) is 7.76. The lowest BCUT2D eigenvalue weighted by atomic mass is 9.63. The van der Waals surface area contributed by atoms with Crippen LogP contribution in [-0.4, -0.2) is 13.7 Å². The molecule has 4 aliphatic rings. The Morgan fingerprint density at radius 1 is 1.27 bits per heavy atom. The van der Waals surface area contributed by atoms with Crippen molar-refractivity contribution in [3.05, 3.63) is 34.5 Å². The first-order chi connectivity index (χ1) is 10.7. The zero-order valence-corrected chi connectivity index (χ0v) is 13.2. The molecule has 0 aromatic carbocycles. The van der Waals surface area contributed by atoms with Gasteiger partial charge in [0.2, 0.25) is 0 Å². The van der Waals surface area contributed by atoms with Gasteiger partial charge < -0.3 is 4.74 Å². The van der Waals surface area contributed by atoms with Crippen molar-refractivity contribution in [1.29, 1.82) is 5.26 Å². The SMILES string of the molecule is COCC1CC(C#N)C2CCCCC2C1.Fc1cc2ccc1=2. The predicted octanol–water partition coefficient (Wildman–Crippen LogP) is 4.42. The van der Waals surface area contributed by atoms with Gasteiger partial charge in [0.15, 0.2) is 0 Å². The van der Waals surface area contributed by atoms with Crippen LogP contribution < -0.4 is 0 Å². The Labute approximate surface area is 131 Å². The highest BCUT2D eigenvalue weighted by molar-refractivity contribution is 5.24. The van der Waals surface area contributed by atoms with Crippen LogP contribution in [0.2, 0.25) is 0 Å². The highest BCUT2D eigenvalue weighted by atomic mass is 19.1. The monoisotopic (exact) mass is 301 g/mol. The molecule has 0 saturated heterocycles. The van der Waals surface area contributed by atoms with Crippen LogP contribution in [0.3, 0.4) is 0 Å². The fraction of sp³-hybridized carbons (Fsp3) is 0.632. The number of nitrogens with zero attached hydrogens (tertiary/aromatic N) is 1. The molecule has 0 radical (unpaired) electrons. The van der Waals surface area contributed by atoms with Crippen LogP contribution in [-0.2, 0) is 4.74 Å². The van der Waals surface area contributed by atoms with Crippen molar-refractivity contribution in [3.63, 3.8) is 0 Å². The average molecular weight is 301 g/mol. The van der Waals surface area contributed by atoms with E-state index in [9.17, 15) is 9.65 Å². The van der Waals surface area contributed by atoms with E-state index in [2.05, 4.69) is 6.07 Å². The minimum Gasteiger partial charge on any atom is -0.384 e. The van der Waals surface area contributed by atoms with Gasteiger partial charge >= 0.3 is 0 Å². The lowest BCUT2D eigenvalue weighted by Gasteiger charge is -2.42. The van der Waals surface area contributed by atoms with Crippen LogP contribution in [0, 0.1) is 51.3 Å². The molecule has 0 N–H and O–H groups in total. The number of ether oxygens (including phenoxy) is 1. The molecule has 4 unspecified atom stereocenters. The number of methoxy groups -OCH3 is 1. The van der Waals surface area contributed by atoms with Gasteiger partial charge in [0, 0.05) is 24.9 Å². The maximum absolute atomic E-state index is 12.0. The van der Waals surface area contributed by atoms with E-state index in [1.165, 1.54) is 38.2 Å². The molecule has 0 bridgehead atoms. The molecule has 2 fully saturated rings. The number of halogens is 1. The van der Waals surface area contributed by atoms with E-state index in [1.807, 2.05) is 6.07 Å². The summed E-state index contributed by atoms with van der Waals surface area (Å²) in [5, 5.41) is 11.1. The summed E-state index contributed by atoms with van der Waals surface area (Å²) in [7, 11) is 1.77. The quantitative estimate of drug-likeness (QED) is 0.823. The largest absolute Gasteiger partial charge is 0.384 e. The Kier molecular flexibility index (Phi) is 4.78. The van der Waals surface area contributed by atoms with Crippen LogP contribution in [0.25, 0.3) is 0 Å². The maximum Gasteiger partial charge on any atom is 0.131 e. The van der Waals surface area contributed by atoms with Crippen LogP contribution >= 0.6 is 0 Å². The van der Waals surface area contributed by atoms with Crippen LogP contribution in [0.4, 0.5) is 4.39 Å². The van der Waals surface area contributed by atoms with Crippen molar-refractivity contribution in [2.24, 2.45) is 23.7 Å². The zero-order valence-electron chi connectivity index (χ0n) is 13.2. The molecule has 118 valence electrons. The molecule has 3 heteroatoms. The predicted molar refractivity (Wildman–Crippen MR) is 83.2 cm³/mol. The van der Waals surface area contributed by atoms with E-state index in [0.29, 0.717) is 17.8 Å². The fourth-order valence-electron chi connectivity index (χ4n) is 4.38. The van der Waals surface area contributed by atoms with Crippen LogP contribution in [0.1, 0.15) is 38.5 Å². The van der Waals surface area contributed by atoms with Gasteiger partial charge in [-0.2, -0.15) is 5.26 Å². The Hall–Kier alpha value is -1.40. The van der Waals surface area contributed by atoms with E-state index < -0.39 is 0 Å². The van der Waals surface area contributed by atoms with Gasteiger partial charge in [-0.25, -0.2) is 4.39 Å². The molecule has 0 heterocycles. The smallest absolute Gasteiger partial charge is 0.131 e. The number of hydrogen-bond donors (Lipinski definition) is 0. The molecule has 2 saturated carbocycles. The van der Waals surface area contributed by atoms with E-state index in [4.69, 9.17) is 4.74 Å². The van der Waals surface area contributed by atoms with Crippen molar-refractivity contribution in [1.82, 2.24) is 0 Å². The molecule has 2 nitrogen and oxygen atoms in total. The molecular weight excluding hydrogens is 277 g/mol. The van der Waals surface area contributed by atoms with Crippen molar-refractivity contribution >= 4 is 0 Å². The Bertz CT molecular complexity index is 650. The topological polar surface area (TPSA) is 33.0 Å². The molecule has 4 aliphatic carbocycles. The first kappa shape index (κ1) is 15.5. The molecule has 22 heavy (non-hydrogen) atoms. The first-order valence-corrected chi connectivity index (χ1v) is 8.41. The normalized spacial score (nSPS) is 31.3. The van der Waals surface area contributed by atoms with Crippen molar-refractivity contribution in [3.8, 4) is 6.07 Å². The lowest BCUT2D eigenvalue weighted by Crippen LogP contribution is -2.35. The number of hydrogen-bond acceptors (Lipinski definition) is 2. The highest BCUT2D eigenvalue weighted by Crippen LogP contribution is 2.45. The number of nitriles is 1. The van der Waals surface area contributed by atoms with Crippen LogP contribution in [0.15, 0.2) is 18.2 Å². The summed E-state index contributed by atoms with van der Waals surface area (Å²) in [4.78, 5) is 0. The Balaban J connectivity index is 0.000000169. The van der Waals surface area contributed by atoms with E-state index in [-0.39, 0.29) is 5.82 Å². The third-order valence-corrected chi connectivity index (χ3v) is 5.56. The summed E-state index contributed by atoms with van der Waals surface area (Å²) in [5.74, 6) is 2.41. The minimum absolute atomic E-state index is 0.0579. The maximum atomic E-state index is 12.0. The third kappa shape index (κ3) is 3.03. The van der Waals surface area contributed by atoms with Gasteiger partial charge in [-0.15, -0.1) is 0 Å². The molecule has 0 aromatic heterocycles. The second-order valence-electron chi connectivity index (χ2n) is 6.93. The number of fused-ring (bicyclic) bond motifs is 1. The fourth-order valence-corrected chi connectivity index (χ4v) is 4.38. The molecule has 4 atom stereocenters. The first-order valence-electron chi connectivity index (χ1n) is 8.41. The van der Waals surface area contributed by atoms with E-state index in [1.54, 1.807) is 13.2 Å². The molecule has 4 rings (SSSR count). The second-order valence-corrected chi connectivity index (χ2v) is 6.93.